The van der Waals surface area contributed by atoms with Crippen molar-refractivity contribution in [3.8, 4) is 5.75 Å². The molecule has 0 unspecified atom stereocenters. The first-order chi connectivity index (χ1) is 10.5. The van der Waals surface area contributed by atoms with Gasteiger partial charge in [-0.05, 0) is 30.3 Å². The van der Waals surface area contributed by atoms with Gasteiger partial charge in [0.05, 0.1) is 11.1 Å². The molecule has 0 fully saturated rings. The van der Waals surface area contributed by atoms with Crippen LogP contribution in [-0.4, -0.2) is 39.5 Å². The topological polar surface area (TPSA) is 114 Å². The highest BCUT2D eigenvalue weighted by Crippen LogP contribution is 2.18. The highest BCUT2D eigenvalue weighted by molar-refractivity contribution is 5.97. The fraction of sp³-hybridized carbons (Fsp3) is 0.0667. The number of carboxylic acids is 2. The van der Waals surface area contributed by atoms with Gasteiger partial charge in [0.2, 0.25) is 0 Å². The first kappa shape index (κ1) is 15.2. The zero-order valence-corrected chi connectivity index (χ0v) is 11.2. The Hall–Kier alpha value is -3.22. The van der Waals surface area contributed by atoms with E-state index in [1.807, 2.05) is 0 Å². The number of hydrogen-bond acceptors (Lipinski definition) is 5. The Labute approximate surface area is 124 Å². The van der Waals surface area contributed by atoms with Gasteiger partial charge in [-0.3, -0.25) is 9.78 Å². The molecule has 0 aliphatic carbocycles. The van der Waals surface area contributed by atoms with Crippen LogP contribution >= 0.6 is 0 Å². The average molecular weight is 301 g/mol. The molecule has 0 saturated carbocycles. The number of rotatable bonds is 6. The van der Waals surface area contributed by atoms with Gasteiger partial charge in [-0.1, -0.05) is 0 Å². The molecule has 0 atom stereocenters. The predicted molar refractivity (Wildman–Crippen MR) is 74.4 cm³/mol. The van der Waals surface area contributed by atoms with Crippen molar-refractivity contribution in [3.63, 3.8) is 0 Å². The van der Waals surface area contributed by atoms with E-state index >= 15 is 0 Å². The molecule has 0 saturated heterocycles. The molecule has 22 heavy (non-hydrogen) atoms. The third kappa shape index (κ3) is 3.66. The van der Waals surface area contributed by atoms with Crippen LogP contribution in [0.2, 0.25) is 0 Å². The molecule has 0 aliphatic rings. The maximum atomic E-state index is 11.9. The van der Waals surface area contributed by atoms with Crippen molar-refractivity contribution in [1.82, 2.24) is 4.98 Å². The smallest absolute Gasteiger partial charge is 0.335 e. The van der Waals surface area contributed by atoms with E-state index in [1.165, 1.54) is 24.5 Å². The van der Waals surface area contributed by atoms with Gasteiger partial charge in [0, 0.05) is 18.0 Å². The molecule has 0 radical (unpaired) electrons. The molecule has 112 valence electrons. The van der Waals surface area contributed by atoms with Crippen LogP contribution in [0.4, 0.5) is 0 Å². The zero-order chi connectivity index (χ0) is 16.1. The normalized spacial score (nSPS) is 10.0. The first-order valence-corrected chi connectivity index (χ1v) is 6.15. The van der Waals surface area contributed by atoms with Crippen LogP contribution in [0.25, 0.3) is 0 Å². The SMILES string of the molecule is O=C(O)c1cc(OCC(=O)c2ccncc2)cc(C(=O)O)c1. The van der Waals surface area contributed by atoms with Crippen molar-refractivity contribution in [2.75, 3.05) is 6.61 Å². The Morgan fingerprint density at radius 1 is 0.909 bits per heavy atom. The third-order valence-corrected chi connectivity index (χ3v) is 2.77. The summed E-state index contributed by atoms with van der Waals surface area (Å²) < 4.78 is 5.21. The van der Waals surface area contributed by atoms with Crippen molar-refractivity contribution in [2.24, 2.45) is 0 Å². The Kier molecular flexibility index (Phi) is 4.47. The van der Waals surface area contributed by atoms with E-state index in [1.54, 1.807) is 0 Å². The monoisotopic (exact) mass is 301 g/mol. The summed E-state index contributed by atoms with van der Waals surface area (Å²) in [6, 6.07) is 6.37. The van der Waals surface area contributed by atoms with Gasteiger partial charge in [0.25, 0.3) is 0 Å². The number of ether oxygens (including phenoxy) is 1. The van der Waals surface area contributed by atoms with Crippen molar-refractivity contribution in [2.45, 2.75) is 0 Å². The number of benzene rings is 1. The molecule has 7 nitrogen and oxygen atoms in total. The number of carbonyl (C=O) groups is 3. The summed E-state index contributed by atoms with van der Waals surface area (Å²) in [5, 5.41) is 17.9. The van der Waals surface area contributed by atoms with Crippen LogP contribution in [0, 0.1) is 0 Å². The van der Waals surface area contributed by atoms with Gasteiger partial charge in [0.1, 0.15) is 5.75 Å². The van der Waals surface area contributed by atoms with Crippen molar-refractivity contribution in [1.29, 1.82) is 0 Å². The number of hydrogen-bond donors (Lipinski definition) is 2. The highest BCUT2D eigenvalue weighted by Gasteiger charge is 2.13. The van der Waals surface area contributed by atoms with E-state index < -0.39 is 11.9 Å². The van der Waals surface area contributed by atoms with Crippen LogP contribution in [0.3, 0.4) is 0 Å². The molecule has 0 aliphatic heterocycles. The van der Waals surface area contributed by atoms with E-state index in [2.05, 4.69) is 4.98 Å². The zero-order valence-electron chi connectivity index (χ0n) is 11.2. The number of carboxylic acid groups (broad SMARTS) is 2. The minimum atomic E-state index is -1.28. The Morgan fingerprint density at radius 3 is 1.95 bits per heavy atom. The highest BCUT2D eigenvalue weighted by atomic mass is 16.5. The van der Waals surface area contributed by atoms with Gasteiger partial charge in [-0.2, -0.15) is 0 Å². The van der Waals surface area contributed by atoms with Gasteiger partial charge in [-0.25, -0.2) is 9.59 Å². The van der Waals surface area contributed by atoms with Crippen molar-refractivity contribution >= 4 is 17.7 Å². The summed E-state index contributed by atoms with van der Waals surface area (Å²) in [6.07, 6.45) is 2.92. The summed E-state index contributed by atoms with van der Waals surface area (Å²) in [6.45, 7) is -0.341. The van der Waals surface area contributed by atoms with Gasteiger partial charge in [-0.15, -0.1) is 0 Å². The fourth-order valence-corrected chi connectivity index (χ4v) is 1.70. The predicted octanol–water partition coefficient (Wildman–Crippen LogP) is 1.74. The summed E-state index contributed by atoms with van der Waals surface area (Å²) in [5.41, 5.74) is -0.0691. The number of aromatic nitrogens is 1. The van der Waals surface area contributed by atoms with Gasteiger partial charge in [0.15, 0.2) is 12.4 Å². The Morgan fingerprint density at radius 2 is 1.45 bits per heavy atom. The number of aromatic carboxylic acids is 2. The quantitative estimate of drug-likeness (QED) is 0.781. The second-order valence-corrected chi connectivity index (χ2v) is 4.30. The largest absolute Gasteiger partial charge is 0.485 e. The number of nitrogens with zero attached hydrogens (tertiary/aromatic N) is 1. The number of ketones is 1. The molecule has 0 bridgehead atoms. The van der Waals surface area contributed by atoms with Crippen LogP contribution in [0.5, 0.6) is 5.75 Å². The van der Waals surface area contributed by atoms with E-state index in [0.29, 0.717) is 5.56 Å². The fourth-order valence-electron chi connectivity index (χ4n) is 1.70. The molecule has 1 aromatic carbocycles. The first-order valence-electron chi connectivity index (χ1n) is 6.15. The lowest BCUT2D eigenvalue weighted by molar-refractivity contribution is 0.0696. The molecular weight excluding hydrogens is 290 g/mol. The lowest BCUT2D eigenvalue weighted by Gasteiger charge is -2.08. The molecular formula is C15H11NO6. The Bertz CT molecular complexity index is 694. The second kappa shape index (κ2) is 6.49. The van der Waals surface area contributed by atoms with E-state index in [4.69, 9.17) is 14.9 Å². The van der Waals surface area contributed by atoms with Crippen molar-refractivity contribution in [3.05, 3.63) is 59.4 Å². The number of pyridine rings is 1. The van der Waals surface area contributed by atoms with E-state index in [9.17, 15) is 14.4 Å². The molecule has 0 spiro atoms. The minimum absolute atomic E-state index is 0.000272. The third-order valence-electron chi connectivity index (χ3n) is 2.77. The van der Waals surface area contributed by atoms with E-state index in [0.717, 1.165) is 18.2 Å². The molecule has 1 heterocycles. The van der Waals surface area contributed by atoms with Crippen LogP contribution in [-0.2, 0) is 0 Å². The lowest BCUT2D eigenvalue weighted by Crippen LogP contribution is -2.12. The summed E-state index contributed by atoms with van der Waals surface area (Å²) >= 11 is 0. The van der Waals surface area contributed by atoms with Crippen LogP contribution in [0.15, 0.2) is 42.7 Å². The van der Waals surface area contributed by atoms with E-state index in [-0.39, 0.29) is 29.3 Å². The van der Waals surface area contributed by atoms with Crippen molar-refractivity contribution < 1.29 is 29.3 Å². The average Bonchev–Trinajstić information content (AvgIpc) is 2.53. The standard InChI is InChI=1S/C15H11NO6/c17-13(9-1-3-16-4-2-9)8-22-12-6-10(14(18)19)5-11(7-12)15(20)21/h1-7H,8H2,(H,18,19)(H,20,21). The molecule has 7 heteroatoms. The maximum absolute atomic E-state index is 11.9. The van der Waals surface area contributed by atoms with Gasteiger partial charge >= 0.3 is 11.9 Å². The maximum Gasteiger partial charge on any atom is 0.335 e. The summed E-state index contributed by atoms with van der Waals surface area (Å²) in [7, 11) is 0. The number of carbonyl (C=O) groups excluding carboxylic acids is 1. The summed E-state index contributed by atoms with van der Waals surface area (Å²) in [4.78, 5) is 37.6. The summed E-state index contributed by atoms with van der Waals surface area (Å²) in [5.74, 6) is -2.90. The van der Waals surface area contributed by atoms with Crippen LogP contribution in [0.1, 0.15) is 31.1 Å². The molecule has 1 aromatic heterocycles. The molecule has 0 amide bonds. The molecule has 2 rings (SSSR count). The minimum Gasteiger partial charge on any atom is -0.485 e. The number of Topliss-reactive ketones (excluding diaryl/α,β-unsaturated/α-hetero) is 1. The second-order valence-electron chi connectivity index (χ2n) is 4.30. The molecule has 2 N–H and O–H groups in total. The van der Waals surface area contributed by atoms with Crippen LogP contribution < -0.4 is 4.74 Å². The van der Waals surface area contributed by atoms with Gasteiger partial charge < -0.3 is 14.9 Å². The lowest BCUT2D eigenvalue weighted by atomic mass is 10.1. The Balaban J connectivity index is 2.17. The molecule has 2 aromatic rings.